The summed E-state index contributed by atoms with van der Waals surface area (Å²) in [5.41, 5.74) is -0.507. The molecule has 6 heteroatoms. The van der Waals surface area contributed by atoms with Crippen LogP contribution in [0.4, 0.5) is 0 Å². The lowest BCUT2D eigenvalue weighted by Crippen LogP contribution is -2.63. The SMILES string of the molecule is CCCC1(O)CN(C(=O)c2cncc(Cl)n2)C1. The van der Waals surface area contributed by atoms with Crippen LogP contribution in [0.3, 0.4) is 0 Å². The van der Waals surface area contributed by atoms with Crippen molar-refractivity contribution in [2.45, 2.75) is 25.4 Å². The summed E-state index contributed by atoms with van der Waals surface area (Å²) < 4.78 is 0. The maximum atomic E-state index is 11.9. The minimum Gasteiger partial charge on any atom is -0.386 e. The summed E-state index contributed by atoms with van der Waals surface area (Å²) in [6.45, 7) is 2.71. The second kappa shape index (κ2) is 4.58. The molecule has 1 aromatic heterocycles. The zero-order valence-electron chi connectivity index (χ0n) is 9.56. The molecule has 1 N–H and O–H groups in total. The van der Waals surface area contributed by atoms with Crippen molar-refractivity contribution in [1.82, 2.24) is 14.9 Å². The molecule has 0 saturated carbocycles. The normalized spacial score (nSPS) is 17.7. The highest BCUT2D eigenvalue weighted by Gasteiger charge is 2.43. The molecule has 0 radical (unpaired) electrons. The van der Waals surface area contributed by atoms with E-state index in [0.717, 1.165) is 6.42 Å². The monoisotopic (exact) mass is 255 g/mol. The molecule has 92 valence electrons. The van der Waals surface area contributed by atoms with E-state index in [1.165, 1.54) is 12.4 Å². The van der Waals surface area contributed by atoms with Crippen LogP contribution in [0.5, 0.6) is 0 Å². The highest BCUT2D eigenvalue weighted by molar-refractivity contribution is 6.29. The van der Waals surface area contributed by atoms with Gasteiger partial charge in [0.2, 0.25) is 0 Å². The van der Waals surface area contributed by atoms with Crippen LogP contribution >= 0.6 is 11.6 Å². The van der Waals surface area contributed by atoms with Crippen molar-refractivity contribution in [1.29, 1.82) is 0 Å². The Hall–Kier alpha value is -1.20. The molecule has 0 unspecified atom stereocenters. The van der Waals surface area contributed by atoms with Crippen molar-refractivity contribution >= 4 is 17.5 Å². The van der Waals surface area contributed by atoms with E-state index in [-0.39, 0.29) is 16.8 Å². The molecule has 0 atom stereocenters. The van der Waals surface area contributed by atoms with E-state index in [4.69, 9.17) is 11.6 Å². The lowest BCUT2D eigenvalue weighted by Gasteiger charge is -2.46. The predicted octanol–water partition coefficient (Wildman–Crippen LogP) is 1.12. The first-order valence-corrected chi connectivity index (χ1v) is 5.91. The van der Waals surface area contributed by atoms with Crippen LogP contribution in [0, 0.1) is 0 Å². The van der Waals surface area contributed by atoms with E-state index >= 15 is 0 Å². The smallest absolute Gasteiger partial charge is 0.274 e. The second-order valence-electron chi connectivity index (χ2n) is 4.36. The molecular weight excluding hydrogens is 242 g/mol. The summed E-state index contributed by atoms with van der Waals surface area (Å²) >= 11 is 5.67. The maximum Gasteiger partial charge on any atom is 0.274 e. The maximum absolute atomic E-state index is 11.9. The van der Waals surface area contributed by atoms with Crippen LogP contribution in [-0.2, 0) is 0 Å². The molecule has 2 rings (SSSR count). The van der Waals surface area contributed by atoms with Gasteiger partial charge in [-0.05, 0) is 6.42 Å². The number of amides is 1. The van der Waals surface area contributed by atoms with Gasteiger partial charge in [-0.25, -0.2) is 4.98 Å². The molecule has 2 heterocycles. The zero-order chi connectivity index (χ0) is 12.5. The number of carbonyl (C=O) groups is 1. The van der Waals surface area contributed by atoms with Crippen LogP contribution in [0.25, 0.3) is 0 Å². The number of rotatable bonds is 3. The Bertz CT molecular complexity index is 432. The summed E-state index contributed by atoms with van der Waals surface area (Å²) in [5.74, 6) is -0.235. The van der Waals surface area contributed by atoms with E-state index in [1.807, 2.05) is 6.92 Å². The third-order valence-electron chi connectivity index (χ3n) is 2.80. The van der Waals surface area contributed by atoms with Gasteiger partial charge in [-0.2, -0.15) is 0 Å². The minimum absolute atomic E-state index is 0.195. The quantitative estimate of drug-likeness (QED) is 0.879. The molecule has 0 spiro atoms. The van der Waals surface area contributed by atoms with Gasteiger partial charge in [-0.3, -0.25) is 9.78 Å². The number of hydrogen-bond donors (Lipinski definition) is 1. The number of aliphatic hydroxyl groups is 1. The topological polar surface area (TPSA) is 66.3 Å². The molecule has 1 aliphatic heterocycles. The third kappa shape index (κ3) is 2.56. The standard InChI is InChI=1S/C11H14ClN3O2/c1-2-3-11(17)6-15(7-11)10(16)8-4-13-5-9(12)14-8/h4-5,17H,2-3,6-7H2,1H3. The summed E-state index contributed by atoms with van der Waals surface area (Å²) in [6, 6.07) is 0. The number of halogens is 1. The highest BCUT2D eigenvalue weighted by Crippen LogP contribution is 2.26. The molecule has 1 aliphatic rings. The number of likely N-dealkylation sites (tertiary alicyclic amines) is 1. The van der Waals surface area contributed by atoms with Gasteiger partial charge >= 0.3 is 0 Å². The van der Waals surface area contributed by atoms with E-state index in [9.17, 15) is 9.90 Å². The predicted molar refractivity (Wildman–Crippen MR) is 62.8 cm³/mol. The highest BCUT2D eigenvalue weighted by atomic mass is 35.5. The van der Waals surface area contributed by atoms with Crippen LogP contribution in [0.2, 0.25) is 5.15 Å². The molecule has 1 fully saturated rings. The number of aromatic nitrogens is 2. The Kier molecular flexibility index (Phi) is 3.31. The first kappa shape index (κ1) is 12.3. The average Bonchev–Trinajstić information content (AvgIpc) is 2.25. The molecule has 1 aromatic rings. The van der Waals surface area contributed by atoms with Crippen molar-refractivity contribution < 1.29 is 9.90 Å². The summed E-state index contributed by atoms with van der Waals surface area (Å²) in [4.78, 5) is 21.2. The molecule has 0 aromatic carbocycles. The Morgan fingerprint density at radius 3 is 2.88 bits per heavy atom. The number of hydrogen-bond acceptors (Lipinski definition) is 4. The first-order valence-electron chi connectivity index (χ1n) is 5.53. The van der Waals surface area contributed by atoms with E-state index in [1.54, 1.807) is 4.90 Å². The Morgan fingerprint density at radius 2 is 2.29 bits per heavy atom. The van der Waals surface area contributed by atoms with Gasteiger partial charge in [0.05, 0.1) is 31.1 Å². The zero-order valence-corrected chi connectivity index (χ0v) is 10.3. The largest absolute Gasteiger partial charge is 0.386 e. The third-order valence-corrected chi connectivity index (χ3v) is 2.98. The van der Waals surface area contributed by atoms with E-state index in [0.29, 0.717) is 19.5 Å². The lowest BCUT2D eigenvalue weighted by molar-refractivity contribution is -0.0861. The van der Waals surface area contributed by atoms with Crippen LogP contribution < -0.4 is 0 Å². The van der Waals surface area contributed by atoms with Crippen LogP contribution in [0.1, 0.15) is 30.3 Å². The van der Waals surface area contributed by atoms with Crippen molar-refractivity contribution in [2.75, 3.05) is 13.1 Å². The fraction of sp³-hybridized carbons (Fsp3) is 0.545. The average molecular weight is 256 g/mol. The number of carbonyl (C=O) groups excluding carboxylic acids is 1. The summed E-state index contributed by atoms with van der Waals surface area (Å²) in [5, 5.41) is 10.2. The second-order valence-corrected chi connectivity index (χ2v) is 4.75. The molecule has 0 aliphatic carbocycles. The summed E-state index contributed by atoms with van der Waals surface area (Å²) in [6.07, 6.45) is 4.36. The number of nitrogens with zero attached hydrogens (tertiary/aromatic N) is 3. The minimum atomic E-state index is -0.726. The fourth-order valence-electron chi connectivity index (χ4n) is 2.04. The molecule has 17 heavy (non-hydrogen) atoms. The fourth-order valence-corrected chi connectivity index (χ4v) is 2.19. The van der Waals surface area contributed by atoms with Gasteiger partial charge in [0, 0.05) is 0 Å². The van der Waals surface area contributed by atoms with Crippen LogP contribution in [0.15, 0.2) is 12.4 Å². The Balaban J connectivity index is 2.00. The summed E-state index contributed by atoms with van der Waals surface area (Å²) in [7, 11) is 0. The van der Waals surface area contributed by atoms with E-state index < -0.39 is 5.60 Å². The molecular formula is C11H14ClN3O2. The Morgan fingerprint density at radius 1 is 1.59 bits per heavy atom. The first-order chi connectivity index (χ1) is 8.04. The van der Waals surface area contributed by atoms with Crippen molar-refractivity contribution in [3.05, 3.63) is 23.2 Å². The van der Waals surface area contributed by atoms with Gasteiger partial charge in [0.15, 0.2) is 0 Å². The van der Waals surface area contributed by atoms with Gasteiger partial charge in [-0.15, -0.1) is 0 Å². The molecule has 1 saturated heterocycles. The van der Waals surface area contributed by atoms with Crippen LogP contribution in [-0.4, -0.2) is 44.6 Å². The Labute approximate surface area is 104 Å². The lowest BCUT2D eigenvalue weighted by atomic mass is 9.89. The van der Waals surface area contributed by atoms with Gasteiger partial charge in [0.25, 0.3) is 5.91 Å². The molecule has 1 amide bonds. The van der Waals surface area contributed by atoms with Gasteiger partial charge in [0.1, 0.15) is 10.8 Å². The van der Waals surface area contributed by atoms with E-state index in [2.05, 4.69) is 9.97 Å². The van der Waals surface area contributed by atoms with Crippen molar-refractivity contribution in [2.24, 2.45) is 0 Å². The van der Waals surface area contributed by atoms with Gasteiger partial charge < -0.3 is 10.0 Å². The van der Waals surface area contributed by atoms with Crippen molar-refractivity contribution in [3.63, 3.8) is 0 Å². The molecule has 5 nitrogen and oxygen atoms in total. The van der Waals surface area contributed by atoms with Crippen molar-refractivity contribution in [3.8, 4) is 0 Å². The van der Waals surface area contributed by atoms with Gasteiger partial charge in [-0.1, -0.05) is 24.9 Å². The number of β-amino-alcohol motifs (C(OH)–C–C–N with tert-alkyl or cyclic N) is 1. The molecule has 0 bridgehead atoms.